The van der Waals surface area contributed by atoms with Crippen molar-refractivity contribution in [2.24, 2.45) is 0 Å². The van der Waals surface area contributed by atoms with E-state index in [9.17, 15) is 0 Å². The Hall–Kier alpha value is -1.37. The van der Waals surface area contributed by atoms with Crippen molar-refractivity contribution in [3.8, 4) is 0 Å². The number of nitrogens with one attached hydrogen (secondary N) is 1. The van der Waals surface area contributed by atoms with E-state index < -0.39 is 0 Å². The number of rotatable bonds is 4. The van der Waals surface area contributed by atoms with Gasteiger partial charge in [0.25, 0.3) is 0 Å². The van der Waals surface area contributed by atoms with Crippen LogP contribution in [0.2, 0.25) is 0 Å². The number of hydrogen-bond acceptors (Lipinski definition) is 6. The zero-order valence-corrected chi connectivity index (χ0v) is 10.2. The summed E-state index contributed by atoms with van der Waals surface area (Å²) in [6.45, 7) is 5.81. The molecule has 1 N–H and O–H groups in total. The molecule has 0 saturated carbocycles. The molecule has 0 aliphatic heterocycles. The maximum absolute atomic E-state index is 5.08. The number of hydrogen-bond donors (Lipinski definition) is 1. The van der Waals surface area contributed by atoms with E-state index in [1.165, 1.54) is 11.8 Å². The van der Waals surface area contributed by atoms with Crippen molar-refractivity contribution < 1.29 is 4.52 Å². The lowest BCUT2D eigenvalue weighted by Crippen LogP contribution is -1.90. The molecule has 16 heavy (non-hydrogen) atoms. The van der Waals surface area contributed by atoms with Gasteiger partial charge >= 0.3 is 0 Å². The minimum Gasteiger partial charge on any atom is -0.338 e. The van der Waals surface area contributed by atoms with E-state index in [0.717, 1.165) is 12.2 Å². The van der Waals surface area contributed by atoms with Gasteiger partial charge in [-0.2, -0.15) is 4.98 Å². The fraction of sp³-hybridized carbons (Fsp3) is 0.556. The second-order valence-electron chi connectivity index (χ2n) is 3.36. The summed E-state index contributed by atoms with van der Waals surface area (Å²) >= 11 is 1.50. The molecule has 0 spiro atoms. The van der Waals surface area contributed by atoms with Crippen molar-refractivity contribution in [2.75, 3.05) is 0 Å². The molecule has 2 aromatic heterocycles. The topological polar surface area (TPSA) is 80.5 Å². The zero-order chi connectivity index (χ0) is 11.5. The molecule has 0 amide bonds. The lowest BCUT2D eigenvalue weighted by molar-refractivity contribution is 0.376. The monoisotopic (exact) mass is 239 g/mol. The van der Waals surface area contributed by atoms with Gasteiger partial charge in [0.1, 0.15) is 5.82 Å². The summed E-state index contributed by atoms with van der Waals surface area (Å²) in [5, 5.41) is 11.5. The number of thioether (sulfide) groups is 1. The van der Waals surface area contributed by atoms with Crippen LogP contribution in [0.3, 0.4) is 0 Å². The van der Waals surface area contributed by atoms with Crippen molar-refractivity contribution in [2.45, 2.75) is 37.6 Å². The first-order valence-corrected chi connectivity index (χ1v) is 5.95. The Balaban J connectivity index is 2.04. The molecule has 2 rings (SSSR count). The Morgan fingerprint density at radius 2 is 2.25 bits per heavy atom. The quantitative estimate of drug-likeness (QED) is 0.821. The Bertz CT molecular complexity index is 466. The molecule has 6 nitrogen and oxygen atoms in total. The number of nitrogens with zero attached hydrogens (tertiary/aromatic N) is 4. The molecule has 7 heteroatoms. The van der Waals surface area contributed by atoms with Crippen molar-refractivity contribution >= 4 is 11.8 Å². The fourth-order valence-corrected chi connectivity index (χ4v) is 1.95. The normalized spacial score (nSPS) is 12.9. The molecule has 2 heterocycles. The first-order valence-electron chi connectivity index (χ1n) is 5.07. The van der Waals surface area contributed by atoms with Crippen molar-refractivity contribution in [1.82, 2.24) is 25.3 Å². The molecule has 86 valence electrons. The minimum atomic E-state index is 0.0571. The average Bonchev–Trinajstić information content (AvgIpc) is 2.87. The molecule has 1 atom stereocenters. The summed E-state index contributed by atoms with van der Waals surface area (Å²) < 4.78 is 5.08. The van der Waals surface area contributed by atoms with Crippen LogP contribution >= 0.6 is 11.8 Å². The third-order valence-electron chi connectivity index (χ3n) is 2.02. The van der Waals surface area contributed by atoms with E-state index in [1.54, 1.807) is 6.92 Å². The Labute approximate surface area is 97.2 Å². The van der Waals surface area contributed by atoms with Crippen LogP contribution in [0.15, 0.2) is 9.68 Å². The van der Waals surface area contributed by atoms with Gasteiger partial charge in [-0.1, -0.05) is 23.8 Å². The molecule has 0 aliphatic rings. The van der Waals surface area contributed by atoms with Crippen molar-refractivity contribution in [1.29, 1.82) is 0 Å². The molecule has 0 aliphatic carbocycles. The van der Waals surface area contributed by atoms with Gasteiger partial charge in [0.2, 0.25) is 11.0 Å². The second-order valence-corrected chi connectivity index (χ2v) is 4.67. The van der Waals surface area contributed by atoms with Gasteiger partial charge < -0.3 is 4.52 Å². The second kappa shape index (κ2) is 4.65. The fourth-order valence-electron chi connectivity index (χ4n) is 1.18. The van der Waals surface area contributed by atoms with Crippen LogP contribution in [-0.2, 0) is 6.42 Å². The molecule has 1 unspecified atom stereocenters. The van der Waals surface area contributed by atoms with Gasteiger partial charge in [-0.3, -0.25) is 5.10 Å². The molecule has 0 bridgehead atoms. The number of aryl methyl sites for hydroxylation is 2. The van der Waals surface area contributed by atoms with Crippen LogP contribution < -0.4 is 0 Å². The molecule has 0 fully saturated rings. The van der Waals surface area contributed by atoms with Gasteiger partial charge in [0.05, 0.1) is 5.25 Å². The van der Waals surface area contributed by atoms with Gasteiger partial charge in [0, 0.05) is 6.42 Å². The zero-order valence-electron chi connectivity index (χ0n) is 9.39. The van der Waals surface area contributed by atoms with E-state index >= 15 is 0 Å². The Morgan fingerprint density at radius 1 is 1.44 bits per heavy atom. The smallest absolute Gasteiger partial charge is 0.239 e. The van der Waals surface area contributed by atoms with Gasteiger partial charge in [-0.15, -0.1) is 5.10 Å². The Kier molecular flexibility index (Phi) is 3.23. The highest BCUT2D eigenvalue weighted by atomic mass is 32.2. The van der Waals surface area contributed by atoms with E-state index in [1.807, 2.05) is 13.8 Å². The standard InChI is InChI=1S/C9H13N5OS/c1-4-7-11-9(13-12-7)16-5(2)8-10-6(3)14-15-8/h5H,4H2,1-3H3,(H,11,12,13). The van der Waals surface area contributed by atoms with Gasteiger partial charge in [-0.25, -0.2) is 4.98 Å². The maximum Gasteiger partial charge on any atom is 0.239 e. The van der Waals surface area contributed by atoms with Crippen molar-refractivity contribution in [3.63, 3.8) is 0 Å². The molecule has 0 saturated heterocycles. The number of aromatic amines is 1. The highest BCUT2D eigenvalue weighted by Gasteiger charge is 2.16. The number of H-pyrrole nitrogens is 1. The van der Waals surface area contributed by atoms with E-state index in [0.29, 0.717) is 16.9 Å². The van der Waals surface area contributed by atoms with Crippen LogP contribution in [0.25, 0.3) is 0 Å². The first kappa shape index (κ1) is 11.1. The highest BCUT2D eigenvalue weighted by Crippen LogP contribution is 2.31. The molecular formula is C9H13N5OS. The van der Waals surface area contributed by atoms with Gasteiger partial charge in [-0.05, 0) is 13.8 Å². The molecule has 2 aromatic rings. The van der Waals surface area contributed by atoms with Crippen LogP contribution in [-0.4, -0.2) is 25.3 Å². The summed E-state index contributed by atoms with van der Waals surface area (Å²) in [6, 6.07) is 0. The van der Waals surface area contributed by atoms with Crippen LogP contribution in [0, 0.1) is 6.92 Å². The lowest BCUT2D eigenvalue weighted by Gasteiger charge is -2.00. The summed E-state index contributed by atoms with van der Waals surface area (Å²) in [5.74, 6) is 2.13. The summed E-state index contributed by atoms with van der Waals surface area (Å²) in [6.07, 6.45) is 0.849. The third-order valence-corrected chi connectivity index (χ3v) is 2.97. The maximum atomic E-state index is 5.08. The van der Waals surface area contributed by atoms with E-state index in [2.05, 4.69) is 25.3 Å². The number of aromatic nitrogens is 5. The van der Waals surface area contributed by atoms with Crippen LogP contribution in [0.5, 0.6) is 0 Å². The largest absolute Gasteiger partial charge is 0.338 e. The summed E-state index contributed by atoms with van der Waals surface area (Å²) in [5.41, 5.74) is 0. The summed E-state index contributed by atoms with van der Waals surface area (Å²) in [7, 11) is 0. The molecular weight excluding hydrogens is 226 g/mol. The highest BCUT2D eigenvalue weighted by molar-refractivity contribution is 7.99. The SMILES string of the molecule is CCc1nc(SC(C)c2nc(C)no2)n[nH]1. The van der Waals surface area contributed by atoms with E-state index in [-0.39, 0.29) is 5.25 Å². The summed E-state index contributed by atoms with van der Waals surface area (Å²) in [4.78, 5) is 8.48. The van der Waals surface area contributed by atoms with E-state index in [4.69, 9.17) is 4.52 Å². The van der Waals surface area contributed by atoms with Crippen LogP contribution in [0.1, 0.15) is 36.6 Å². The third kappa shape index (κ3) is 2.41. The Morgan fingerprint density at radius 3 is 2.81 bits per heavy atom. The first-order chi connectivity index (χ1) is 7.69. The molecule has 0 aromatic carbocycles. The average molecular weight is 239 g/mol. The molecule has 0 radical (unpaired) electrons. The predicted molar refractivity (Wildman–Crippen MR) is 59.1 cm³/mol. The minimum absolute atomic E-state index is 0.0571. The lowest BCUT2D eigenvalue weighted by atomic mass is 10.5. The van der Waals surface area contributed by atoms with Crippen molar-refractivity contribution in [3.05, 3.63) is 17.5 Å². The van der Waals surface area contributed by atoms with Crippen LogP contribution in [0.4, 0.5) is 0 Å². The van der Waals surface area contributed by atoms with Gasteiger partial charge in [0.15, 0.2) is 5.82 Å². The predicted octanol–water partition coefficient (Wildman–Crippen LogP) is 1.91.